The zero-order valence-corrected chi connectivity index (χ0v) is 21.3. The molecule has 6 heteroatoms. The van der Waals surface area contributed by atoms with Crippen LogP contribution in [0.1, 0.15) is 25.7 Å². The summed E-state index contributed by atoms with van der Waals surface area (Å²) < 4.78 is 22.4. The van der Waals surface area contributed by atoms with Gasteiger partial charge in [0.15, 0.2) is 5.88 Å². The molecule has 0 saturated heterocycles. The van der Waals surface area contributed by atoms with Gasteiger partial charge in [0.25, 0.3) is 0 Å². The number of ether oxygens (including phenoxy) is 4. The summed E-state index contributed by atoms with van der Waals surface area (Å²) in [6, 6.07) is 18.4. The highest BCUT2D eigenvalue weighted by molar-refractivity contribution is 8.05. The van der Waals surface area contributed by atoms with Crippen molar-refractivity contribution in [3.05, 3.63) is 71.1 Å². The molecule has 0 N–H and O–H groups in total. The zero-order chi connectivity index (χ0) is 24.4. The summed E-state index contributed by atoms with van der Waals surface area (Å²) in [5.74, 6) is 6.60. The third kappa shape index (κ3) is 4.55. The average molecular weight is 488 g/mol. The molecule has 1 aliphatic heterocycles. The maximum Gasteiger partial charge on any atom is 0.169 e. The predicted molar refractivity (Wildman–Crippen MR) is 142 cm³/mol. The Morgan fingerprint density at radius 3 is 1.66 bits per heavy atom. The average Bonchev–Trinajstić information content (AvgIpc) is 3.35. The van der Waals surface area contributed by atoms with E-state index < -0.39 is 0 Å². The SMILES string of the molecule is COc1cc(OC)cc(-c2cccc(-c3cc(OC)cc(OC)c3)c2N2[C]SC3=C2CCCC3)c1. The van der Waals surface area contributed by atoms with Gasteiger partial charge in [0, 0.05) is 33.9 Å². The van der Waals surface area contributed by atoms with Gasteiger partial charge < -0.3 is 23.8 Å². The first kappa shape index (κ1) is 23.5. The highest BCUT2D eigenvalue weighted by Gasteiger charge is 2.31. The summed E-state index contributed by atoms with van der Waals surface area (Å²) in [6.07, 6.45) is 4.58. The lowest BCUT2D eigenvalue weighted by Crippen LogP contribution is -2.18. The Kier molecular flexibility index (Phi) is 6.82. The molecule has 5 nitrogen and oxygen atoms in total. The number of allylic oxidation sites excluding steroid dienone is 2. The maximum atomic E-state index is 5.59. The number of hydrogen-bond donors (Lipinski definition) is 0. The van der Waals surface area contributed by atoms with Gasteiger partial charge >= 0.3 is 0 Å². The van der Waals surface area contributed by atoms with Gasteiger partial charge in [0.1, 0.15) is 23.0 Å². The van der Waals surface area contributed by atoms with Gasteiger partial charge in [-0.05, 0) is 61.1 Å². The van der Waals surface area contributed by atoms with Crippen molar-refractivity contribution < 1.29 is 18.9 Å². The second-order valence-electron chi connectivity index (χ2n) is 8.51. The lowest BCUT2D eigenvalue weighted by atomic mass is 9.93. The van der Waals surface area contributed by atoms with E-state index in [0.29, 0.717) is 0 Å². The number of benzene rings is 3. The summed E-state index contributed by atoms with van der Waals surface area (Å²) >= 11 is 1.72. The van der Waals surface area contributed by atoms with Crippen LogP contribution in [-0.2, 0) is 0 Å². The van der Waals surface area contributed by atoms with Gasteiger partial charge in [0.2, 0.25) is 0 Å². The van der Waals surface area contributed by atoms with Gasteiger partial charge in [-0.3, -0.25) is 0 Å². The van der Waals surface area contributed by atoms with Crippen LogP contribution in [0.25, 0.3) is 22.3 Å². The first-order valence-corrected chi connectivity index (χ1v) is 12.5. The van der Waals surface area contributed by atoms with Crippen molar-refractivity contribution in [2.45, 2.75) is 25.7 Å². The molecule has 0 unspecified atom stereocenters. The Balaban J connectivity index is 1.76. The van der Waals surface area contributed by atoms with Crippen molar-refractivity contribution in [1.82, 2.24) is 0 Å². The third-order valence-electron chi connectivity index (χ3n) is 6.50. The molecule has 2 aliphatic rings. The van der Waals surface area contributed by atoms with E-state index >= 15 is 0 Å². The minimum absolute atomic E-state index is 0.750. The molecule has 0 fully saturated rings. The third-order valence-corrected chi connectivity index (χ3v) is 7.46. The molecular weight excluding hydrogens is 458 g/mol. The Morgan fingerprint density at radius 1 is 0.686 bits per heavy atom. The molecule has 3 aromatic carbocycles. The van der Waals surface area contributed by atoms with Crippen molar-refractivity contribution in [3.63, 3.8) is 0 Å². The van der Waals surface area contributed by atoms with Crippen LogP contribution >= 0.6 is 11.8 Å². The van der Waals surface area contributed by atoms with Gasteiger partial charge in [-0.2, -0.15) is 0 Å². The summed E-state index contributed by atoms with van der Waals surface area (Å²) in [5, 5.41) is 0. The van der Waals surface area contributed by atoms with Crippen molar-refractivity contribution >= 4 is 17.4 Å². The highest BCUT2D eigenvalue weighted by atomic mass is 32.2. The number of methoxy groups -OCH3 is 4. The van der Waals surface area contributed by atoms with E-state index in [-0.39, 0.29) is 0 Å². The molecule has 180 valence electrons. The quantitative estimate of drug-likeness (QED) is 0.346. The zero-order valence-electron chi connectivity index (χ0n) is 20.5. The van der Waals surface area contributed by atoms with Crippen LogP contribution in [-0.4, -0.2) is 28.4 Å². The summed E-state index contributed by atoms with van der Waals surface area (Å²) in [6.45, 7) is 0. The van der Waals surface area contributed by atoms with Gasteiger partial charge in [-0.25, -0.2) is 0 Å². The minimum atomic E-state index is 0.750. The van der Waals surface area contributed by atoms with E-state index in [2.05, 4.69) is 53.2 Å². The Hall–Kier alpha value is -3.25. The Labute approximate surface area is 211 Å². The molecule has 3 aromatic rings. The van der Waals surface area contributed by atoms with Crippen LogP contribution in [0.15, 0.2) is 65.2 Å². The van der Waals surface area contributed by atoms with E-state index in [1.807, 2.05) is 12.1 Å². The smallest absolute Gasteiger partial charge is 0.169 e. The summed E-state index contributed by atoms with van der Waals surface area (Å²) in [4.78, 5) is 3.69. The molecule has 1 aliphatic carbocycles. The lowest BCUT2D eigenvalue weighted by Gasteiger charge is -2.28. The number of hydrogen-bond acceptors (Lipinski definition) is 6. The molecule has 1 heterocycles. The van der Waals surface area contributed by atoms with Crippen LogP contribution in [0.4, 0.5) is 5.69 Å². The molecule has 2 radical (unpaired) electrons. The van der Waals surface area contributed by atoms with Crippen LogP contribution < -0.4 is 23.8 Å². The first-order chi connectivity index (χ1) is 17.1. The molecule has 0 atom stereocenters. The maximum absolute atomic E-state index is 5.59. The standard InChI is InChI=1S/C29H29NO4S/c1-31-21-12-19(13-22(16-21)32-2)25-8-7-9-26(20-14-23(33-3)17-24(15-20)34-4)29(25)30-18-35-28-11-6-5-10-27(28)30/h7-9,12-17H,5-6,10-11H2,1-4H3. The number of thioether (sulfide) groups is 1. The molecule has 0 spiro atoms. The van der Waals surface area contributed by atoms with Crippen molar-refractivity contribution in [2.75, 3.05) is 33.3 Å². The molecule has 0 aromatic heterocycles. The Bertz CT molecular complexity index is 1150. The fourth-order valence-corrected chi connectivity index (χ4v) is 5.68. The van der Waals surface area contributed by atoms with E-state index in [1.165, 1.54) is 23.4 Å². The second-order valence-corrected chi connectivity index (χ2v) is 9.39. The highest BCUT2D eigenvalue weighted by Crippen LogP contribution is 2.51. The Morgan fingerprint density at radius 2 is 1.17 bits per heavy atom. The normalized spacial score (nSPS) is 15.1. The minimum Gasteiger partial charge on any atom is -0.497 e. The summed E-state index contributed by atoms with van der Waals surface area (Å²) in [5.41, 5.74) is 6.62. The topological polar surface area (TPSA) is 40.2 Å². The molecule has 0 saturated carbocycles. The first-order valence-electron chi connectivity index (χ1n) is 11.7. The fraction of sp³-hybridized carbons (Fsp3) is 0.276. The van der Waals surface area contributed by atoms with Gasteiger partial charge in [0.05, 0.1) is 34.1 Å². The van der Waals surface area contributed by atoms with Gasteiger partial charge in [-0.15, -0.1) is 0 Å². The molecule has 35 heavy (non-hydrogen) atoms. The molecule has 0 bridgehead atoms. The molecule has 5 rings (SSSR count). The predicted octanol–water partition coefficient (Wildman–Crippen LogP) is 7.39. The molecule has 0 amide bonds. The largest absolute Gasteiger partial charge is 0.497 e. The van der Waals surface area contributed by atoms with Crippen LogP contribution in [0, 0.1) is 5.88 Å². The van der Waals surface area contributed by atoms with E-state index in [4.69, 9.17) is 18.9 Å². The molecular formula is C29H29NO4S. The van der Waals surface area contributed by atoms with E-state index in [0.717, 1.165) is 63.8 Å². The van der Waals surface area contributed by atoms with E-state index in [9.17, 15) is 0 Å². The number of nitrogens with zero attached hydrogens (tertiary/aromatic N) is 1. The van der Waals surface area contributed by atoms with Crippen LogP contribution in [0.3, 0.4) is 0 Å². The monoisotopic (exact) mass is 487 g/mol. The van der Waals surface area contributed by atoms with Gasteiger partial charge in [-0.1, -0.05) is 30.0 Å². The van der Waals surface area contributed by atoms with Crippen molar-refractivity contribution in [2.24, 2.45) is 0 Å². The number of rotatable bonds is 7. The van der Waals surface area contributed by atoms with Crippen molar-refractivity contribution in [1.29, 1.82) is 0 Å². The van der Waals surface area contributed by atoms with Crippen LogP contribution in [0.2, 0.25) is 0 Å². The van der Waals surface area contributed by atoms with Crippen molar-refractivity contribution in [3.8, 4) is 45.3 Å². The van der Waals surface area contributed by atoms with E-state index in [1.54, 1.807) is 40.2 Å². The second kappa shape index (κ2) is 10.2. The van der Waals surface area contributed by atoms with Crippen LogP contribution in [0.5, 0.6) is 23.0 Å². The lowest BCUT2D eigenvalue weighted by molar-refractivity contribution is 0.394. The number of para-hydroxylation sites is 1. The summed E-state index contributed by atoms with van der Waals surface area (Å²) in [7, 11) is 6.71. The number of anilines is 1. The fourth-order valence-electron chi connectivity index (χ4n) is 4.72.